The zero-order valence-electron chi connectivity index (χ0n) is 14.1. The fourth-order valence-corrected chi connectivity index (χ4v) is 3.53. The first-order valence-electron chi connectivity index (χ1n) is 8.12. The number of methoxy groups -OCH3 is 1. The molecule has 0 aromatic heterocycles. The summed E-state index contributed by atoms with van der Waals surface area (Å²) in [5.74, 6) is -1.09. The van der Waals surface area contributed by atoms with Crippen LogP contribution in [0.15, 0.2) is 54.6 Å². The first-order valence-corrected chi connectivity index (χ1v) is 8.12. The van der Waals surface area contributed by atoms with Crippen LogP contribution in [0.2, 0.25) is 0 Å². The first kappa shape index (κ1) is 17.1. The van der Waals surface area contributed by atoms with E-state index in [0.717, 1.165) is 16.7 Å². The molecule has 6 heteroatoms. The highest BCUT2D eigenvalue weighted by molar-refractivity contribution is 5.78. The molecule has 0 spiro atoms. The number of ether oxygens (including phenoxy) is 1. The molecule has 3 rings (SSSR count). The van der Waals surface area contributed by atoms with Gasteiger partial charge >= 0.3 is 5.97 Å². The Hall–Kier alpha value is -2.73. The molecule has 0 saturated carbocycles. The van der Waals surface area contributed by atoms with Gasteiger partial charge in [0.15, 0.2) is 0 Å². The second kappa shape index (κ2) is 7.03. The molecule has 1 saturated heterocycles. The van der Waals surface area contributed by atoms with Crippen LogP contribution in [0, 0.1) is 17.0 Å². The molecule has 1 N–H and O–H groups in total. The number of nitro groups is 1. The molecular formula is C19H20N2O4. The minimum Gasteiger partial charge on any atom is -0.468 e. The Balaban J connectivity index is 2.08. The van der Waals surface area contributed by atoms with E-state index in [-0.39, 0.29) is 4.92 Å². The van der Waals surface area contributed by atoms with Crippen molar-refractivity contribution in [3.05, 3.63) is 81.4 Å². The summed E-state index contributed by atoms with van der Waals surface area (Å²) in [6, 6.07) is 14.4. The van der Waals surface area contributed by atoms with Gasteiger partial charge in [0.2, 0.25) is 6.04 Å². The highest BCUT2D eigenvalue weighted by atomic mass is 16.6. The van der Waals surface area contributed by atoms with E-state index < -0.39 is 30.0 Å². The molecule has 130 valence electrons. The van der Waals surface area contributed by atoms with Crippen LogP contribution in [0.1, 0.15) is 28.7 Å². The van der Waals surface area contributed by atoms with E-state index in [1.54, 1.807) is 0 Å². The second-order valence-corrected chi connectivity index (χ2v) is 6.27. The summed E-state index contributed by atoms with van der Waals surface area (Å²) in [4.78, 5) is 23.9. The summed E-state index contributed by atoms with van der Waals surface area (Å²) in [5.41, 5.74) is 2.60. The van der Waals surface area contributed by atoms with Gasteiger partial charge in [-0.3, -0.25) is 20.2 Å². The van der Waals surface area contributed by atoms with E-state index in [2.05, 4.69) is 5.32 Å². The molecule has 2 aromatic carbocycles. The maximum absolute atomic E-state index is 12.3. The summed E-state index contributed by atoms with van der Waals surface area (Å²) in [7, 11) is 1.30. The van der Waals surface area contributed by atoms with Gasteiger partial charge < -0.3 is 4.74 Å². The van der Waals surface area contributed by atoms with Gasteiger partial charge in [0.05, 0.1) is 13.0 Å². The number of nitrogens with one attached hydrogen (secondary N) is 1. The van der Waals surface area contributed by atoms with Crippen LogP contribution < -0.4 is 5.32 Å². The van der Waals surface area contributed by atoms with E-state index in [1.807, 2.05) is 61.5 Å². The molecule has 0 unspecified atom stereocenters. The molecule has 1 aliphatic heterocycles. The standard InChI is InChI=1S/C19H20N2O4/c1-12-8-10-13(11-9-12)15-17(19(22)25-2)20-16(18(15)21(23)24)14-6-4-3-5-7-14/h3-11,15-18,20H,1-2H3/t15-,16+,17+,18+/m1/s1. The Labute approximate surface area is 146 Å². The van der Waals surface area contributed by atoms with Gasteiger partial charge in [0.25, 0.3) is 0 Å². The van der Waals surface area contributed by atoms with Gasteiger partial charge in [-0.1, -0.05) is 60.2 Å². The van der Waals surface area contributed by atoms with Crippen LogP contribution in [0.5, 0.6) is 0 Å². The summed E-state index contributed by atoms with van der Waals surface area (Å²) in [6.07, 6.45) is 0. The molecule has 1 heterocycles. The molecule has 4 atom stereocenters. The quantitative estimate of drug-likeness (QED) is 0.526. The van der Waals surface area contributed by atoms with Crippen molar-refractivity contribution in [2.24, 2.45) is 0 Å². The Bertz CT molecular complexity index is 761. The van der Waals surface area contributed by atoms with Crippen LogP contribution in [0.4, 0.5) is 0 Å². The molecule has 25 heavy (non-hydrogen) atoms. The van der Waals surface area contributed by atoms with Crippen LogP contribution >= 0.6 is 0 Å². The molecule has 1 aliphatic rings. The predicted octanol–water partition coefficient (Wildman–Crippen LogP) is 2.61. The van der Waals surface area contributed by atoms with Gasteiger partial charge in [0, 0.05) is 4.92 Å². The minimum atomic E-state index is -0.964. The maximum Gasteiger partial charge on any atom is 0.323 e. The lowest BCUT2D eigenvalue weighted by atomic mass is 9.85. The lowest BCUT2D eigenvalue weighted by molar-refractivity contribution is -0.527. The minimum absolute atomic E-state index is 0.294. The molecule has 0 radical (unpaired) electrons. The second-order valence-electron chi connectivity index (χ2n) is 6.27. The molecule has 0 bridgehead atoms. The van der Waals surface area contributed by atoms with Crippen molar-refractivity contribution in [2.45, 2.75) is 31.0 Å². The van der Waals surface area contributed by atoms with Gasteiger partial charge in [-0.15, -0.1) is 0 Å². The number of hydrogen-bond acceptors (Lipinski definition) is 5. The summed E-state index contributed by atoms with van der Waals surface area (Å²) < 4.78 is 4.90. The maximum atomic E-state index is 12.3. The highest BCUT2D eigenvalue weighted by Gasteiger charge is 2.54. The number of aryl methyl sites for hydroxylation is 1. The predicted molar refractivity (Wildman–Crippen MR) is 92.8 cm³/mol. The number of hydrogen-bond donors (Lipinski definition) is 1. The average molecular weight is 340 g/mol. The lowest BCUT2D eigenvalue weighted by Gasteiger charge is -2.19. The van der Waals surface area contributed by atoms with Crippen molar-refractivity contribution >= 4 is 5.97 Å². The summed E-state index contributed by atoms with van der Waals surface area (Å²) in [5, 5.41) is 15.0. The highest BCUT2D eigenvalue weighted by Crippen LogP contribution is 2.40. The Morgan fingerprint density at radius 3 is 2.28 bits per heavy atom. The van der Waals surface area contributed by atoms with Crippen molar-refractivity contribution in [3.8, 4) is 0 Å². The normalized spacial score (nSPS) is 25.5. The monoisotopic (exact) mass is 340 g/mol. The van der Waals surface area contributed by atoms with Gasteiger partial charge in [-0.2, -0.15) is 0 Å². The van der Waals surface area contributed by atoms with Crippen LogP contribution in [-0.4, -0.2) is 30.1 Å². The summed E-state index contributed by atoms with van der Waals surface area (Å²) in [6.45, 7) is 1.95. The van der Waals surface area contributed by atoms with Crippen molar-refractivity contribution in [3.63, 3.8) is 0 Å². The molecule has 6 nitrogen and oxygen atoms in total. The van der Waals surface area contributed by atoms with E-state index in [0.29, 0.717) is 0 Å². The zero-order valence-corrected chi connectivity index (χ0v) is 14.1. The largest absolute Gasteiger partial charge is 0.468 e. The van der Waals surface area contributed by atoms with Crippen LogP contribution in [-0.2, 0) is 9.53 Å². The fourth-order valence-electron chi connectivity index (χ4n) is 3.53. The number of esters is 1. The Morgan fingerprint density at radius 1 is 1.08 bits per heavy atom. The van der Waals surface area contributed by atoms with Crippen molar-refractivity contribution in [1.82, 2.24) is 5.32 Å². The van der Waals surface area contributed by atoms with Crippen LogP contribution in [0.25, 0.3) is 0 Å². The Morgan fingerprint density at radius 2 is 1.72 bits per heavy atom. The fraction of sp³-hybridized carbons (Fsp3) is 0.316. The van der Waals surface area contributed by atoms with Gasteiger partial charge in [-0.05, 0) is 18.1 Å². The molecule has 1 fully saturated rings. The molecule has 2 aromatic rings. The molecular weight excluding hydrogens is 320 g/mol. The first-order chi connectivity index (χ1) is 12.0. The van der Waals surface area contributed by atoms with E-state index in [1.165, 1.54) is 7.11 Å². The molecule has 0 aliphatic carbocycles. The van der Waals surface area contributed by atoms with E-state index in [9.17, 15) is 14.9 Å². The van der Waals surface area contributed by atoms with Crippen molar-refractivity contribution in [2.75, 3.05) is 7.11 Å². The van der Waals surface area contributed by atoms with E-state index >= 15 is 0 Å². The number of carbonyl (C=O) groups is 1. The number of carbonyl (C=O) groups excluding carboxylic acids is 1. The smallest absolute Gasteiger partial charge is 0.323 e. The average Bonchev–Trinajstić information content (AvgIpc) is 3.03. The topological polar surface area (TPSA) is 81.5 Å². The van der Waals surface area contributed by atoms with Crippen LogP contribution in [0.3, 0.4) is 0 Å². The van der Waals surface area contributed by atoms with E-state index in [4.69, 9.17) is 4.74 Å². The number of benzene rings is 2. The lowest BCUT2D eigenvalue weighted by Crippen LogP contribution is -2.37. The third-order valence-electron chi connectivity index (χ3n) is 4.75. The third-order valence-corrected chi connectivity index (χ3v) is 4.75. The SMILES string of the molecule is COC(=O)[C@H]1N[C@@H](c2ccccc2)[C@@H]([N+](=O)[O-])[C@@H]1c1ccc(C)cc1. The van der Waals surface area contributed by atoms with Gasteiger partial charge in [0.1, 0.15) is 12.1 Å². The number of rotatable bonds is 4. The van der Waals surface area contributed by atoms with Gasteiger partial charge in [-0.25, -0.2) is 0 Å². The van der Waals surface area contributed by atoms with Crippen molar-refractivity contribution in [1.29, 1.82) is 0 Å². The summed E-state index contributed by atoms with van der Waals surface area (Å²) >= 11 is 0. The third kappa shape index (κ3) is 3.25. The Kier molecular flexibility index (Phi) is 4.81. The zero-order chi connectivity index (χ0) is 18.0. The number of nitrogens with zero attached hydrogens (tertiary/aromatic N) is 1. The molecule has 0 amide bonds. The van der Waals surface area contributed by atoms with Crippen molar-refractivity contribution < 1.29 is 14.5 Å².